The molecule has 1 saturated heterocycles. The van der Waals surface area contributed by atoms with E-state index in [1.54, 1.807) is 49.1 Å². The number of hydrogen-bond acceptors (Lipinski definition) is 8. The van der Waals surface area contributed by atoms with Gasteiger partial charge in [0.05, 0.1) is 29.1 Å². The van der Waals surface area contributed by atoms with Crippen LogP contribution in [-0.2, 0) is 0 Å². The van der Waals surface area contributed by atoms with E-state index in [0.717, 1.165) is 48.6 Å². The fourth-order valence-corrected chi connectivity index (χ4v) is 4.86. The van der Waals surface area contributed by atoms with Crippen LogP contribution in [0.4, 0.5) is 5.82 Å². The van der Waals surface area contributed by atoms with Crippen molar-refractivity contribution < 1.29 is 14.6 Å². The van der Waals surface area contributed by atoms with Crippen LogP contribution in [0.15, 0.2) is 55.1 Å². The average molecular weight is 540 g/mol. The summed E-state index contributed by atoms with van der Waals surface area (Å²) in [5.41, 5.74) is 2.83. The predicted octanol–water partition coefficient (Wildman–Crippen LogP) is 3.91. The molecule has 0 atom stereocenters. The molecule has 0 unspecified atom stereocenters. The molecule has 0 aliphatic carbocycles. The second-order valence-electron chi connectivity index (χ2n) is 11.2. The lowest BCUT2D eigenvalue weighted by atomic mass is 9.89. The van der Waals surface area contributed by atoms with Crippen molar-refractivity contribution in [2.45, 2.75) is 51.7 Å². The van der Waals surface area contributed by atoms with E-state index in [1.165, 1.54) is 6.20 Å². The van der Waals surface area contributed by atoms with Crippen LogP contribution in [-0.4, -0.2) is 61.4 Å². The molecular weight excluding hydrogens is 506 g/mol. The van der Waals surface area contributed by atoms with Crippen molar-refractivity contribution in [2.24, 2.45) is 0 Å². The lowest BCUT2D eigenvalue weighted by molar-refractivity contribution is 0.0283. The molecule has 1 aliphatic rings. The Kier molecular flexibility index (Phi) is 7.17. The number of aliphatic hydroxyl groups is 1. The van der Waals surface area contributed by atoms with Crippen molar-refractivity contribution in [3.63, 3.8) is 0 Å². The average Bonchev–Trinajstić information content (AvgIpc) is 3.35. The molecule has 0 radical (unpaired) electrons. The maximum absolute atomic E-state index is 12.8. The van der Waals surface area contributed by atoms with E-state index in [9.17, 15) is 15.2 Å². The summed E-state index contributed by atoms with van der Waals surface area (Å²) in [4.78, 5) is 23.9. The summed E-state index contributed by atoms with van der Waals surface area (Å²) >= 11 is 0. The zero-order valence-electron chi connectivity index (χ0n) is 23.2. The van der Waals surface area contributed by atoms with Gasteiger partial charge in [-0.1, -0.05) is 0 Å². The number of nitrogens with one attached hydrogen (secondary N) is 1. The van der Waals surface area contributed by atoms with Crippen molar-refractivity contribution >= 4 is 17.2 Å². The molecule has 4 aromatic heterocycles. The summed E-state index contributed by atoms with van der Waals surface area (Å²) in [6.45, 7) is 8.93. The van der Waals surface area contributed by atoms with E-state index >= 15 is 0 Å². The number of carbonyl (C=O) groups is 1. The molecule has 10 heteroatoms. The van der Waals surface area contributed by atoms with Gasteiger partial charge in [0.1, 0.15) is 24.2 Å². The number of aryl methyl sites for hydroxylation is 1. The van der Waals surface area contributed by atoms with Gasteiger partial charge in [0.15, 0.2) is 0 Å². The van der Waals surface area contributed by atoms with Gasteiger partial charge in [0.2, 0.25) is 0 Å². The summed E-state index contributed by atoms with van der Waals surface area (Å²) in [5.74, 6) is 1.29. The van der Waals surface area contributed by atoms with Crippen LogP contribution in [0.5, 0.6) is 5.75 Å². The molecule has 1 fully saturated rings. The Balaban J connectivity index is 1.31. The Morgan fingerprint density at radius 2 is 1.98 bits per heavy atom. The van der Waals surface area contributed by atoms with Crippen LogP contribution in [0, 0.1) is 18.3 Å². The van der Waals surface area contributed by atoms with Crippen LogP contribution in [0.1, 0.15) is 55.2 Å². The minimum Gasteiger partial charge on any atom is -0.489 e. The molecule has 40 heavy (non-hydrogen) atoms. The van der Waals surface area contributed by atoms with Gasteiger partial charge in [0.25, 0.3) is 5.91 Å². The molecule has 5 rings (SSSR count). The smallest absolute Gasteiger partial charge is 0.251 e. The van der Waals surface area contributed by atoms with Crippen LogP contribution in [0.3, 0.4) is 0 Å². The van der Waals surface area contributed by atoms with E-state index < -0.39 is 5.60 Å². The van der Waals surface area contributed by atoms with Gasteiger partial charge in [-0.15, -0.1) is 0 Å². The van der Waals surface area contributed by atoms with Gasteiger partial charge in [-0.05, 0) is 70.9 Å². The highest BCUT2D eigenvalue weighted by Gasteiger charge is 2.32. The number of pyridine rings is 3. The van der Waals surface area contributed by atoms with Gasteiger partial charge in [-0.3, -0.25) is 9.78 Å². The van der Waals surface area contributed by atoms with Gasteiger partial charge in [-0.25, -0.2) is 9.50 Å². The topological polar surface area (TPSA) is 129 Å². The standard InChI is InChI=1S/C30H33N7O3/c1-20-13-21(7-10-32-20)28(38)35-30(4)8-11-36(12-9-30)26-6-5-22(16-33-26)25-14-24(40-19-29(2,3)39)18-37-27(25)23(15-31)17-34-37/h5-7,10,13-14,16-18,39H,8-9,11-12,19H2,1-4H3,(H,35,38). The Labute approximate surface area is 233 Å². The highest BCUT2D eigenvalue weighted by atomic mass is 16.5. The number of piperidine rings is 1. The second kappa shape index (κ2) is 10.6. The Bertz CT molecular complexity index is 1570. The summed E-state index contributed by atoms with van der Waals surface area (Å²) in [7, 11) is 0. The third-order valence-electron chi connectivity index (χ3n) is 7.12. The first kappa shape index (κ1) is 27.1. The lowest BCUT2D eigenvalue weighted by Gasteiger charge is -2.40. The first-order valence-electron chi connectivity index (χ1n) is 13.3. The Morgan fingerprint density at radius 3 is 2.62 bits per heavy atom. The quantitative estimate of drug-likeness (QED) is 0.362. The number of aromatic nitrogens is 4. The number of fused-ring (bicyclic) bond motifs is 1. The molecule has 0 saturated carbocycles. The zero-order chi connectivity index (χ0) is 28.5. The summed E-state index contributed by atoms with van der Waals surface area (Å²) in [6.07, 6.45) is 8.25. The highest BCUT2D eigenvalue weighted by Crippen LogP contribution is 2.32. The molecule has 2 N–H and O–H groups in total. The van der Waals surface area contributed by atoms with Crippen LogP contribution in [0.2, 0.25) is 0 Å². The first-order valence-corrected chi connectivity index (χ1v) is 13.3. The van der Waals surface area contributed by atoms with E-state index in [4.69, 9.17) is 9.72 Å². The Morgan fingerprint density at radius 1 is 1.20 bits per heavy atom. The molecule has 5 heterocycles. The fraction of sp³-hybridized carbons (Fsp3) is 0.367. The van der Waals surface area contributed by atoms with Gasteiger partial charge in [-0.2, -0.15) is 10.4 Å². The molecule has 1 amide bonds. The van der Waals surface area contributed by atoms with Crippen LogP contribution < -0.4 is 15.0 Å². The maximum Gasteiger partial charge on any atom is 0.251 e. The molecule has 10 nitrogen and oxygen atoms in total. The Hall–Kier alpha value is -4.49. The molecule has 1 aliphatic heterocycles. The first-order chi connectivity index (χ1) is 19.0. The predicted molar refractivity (Wildman–Crippen MR) is 151 cm³/mol. The van der Waals surface area contributed by atoms with Gasteiger partial charge >= 0.3 is 0 Å². The van der Waals surface area contributed by atoms with Gasteiger partial charge in [0, 0.05) is 53.4 Å². The largest absolute Gasteiger partial charge is 0.489 e. The van der Waals surface area contributed by atoms with Crippen molar-refractivity contribution in [1.29, 1.82) is 5.26 Å². The number of hydrogen-bond donors (Lipinski definition) is 2. The molecule has 0 spiro atoms. The zero-order valence-corrected chi connectivity index (χ0v) is 23.2. The van der Waals surface area contributed by atoms with Crippen molar-refractivity contribution in [2.75, 3.05) is 24.6 Å². The molecule has 0 bridgehead atoms. The number of anilines is 1. The SMILES string of the molecule is Cc1cc(C(=O)NC2(C)CCN(c3ccc(-c4cc(OCC(C)(C)O)cn5ncc(C#N)c45)cn3)CC2)ccn1. The van der Waals surface area contributed by atoms with Crippen LogP contribution in [0.25, 0.3) is 16.6 Å². The lowest BCUT2D eigenvalue weighted by Crippen LogP contribution is -2.53. The van der Waals surface area contributed by atoms with E-state index in [0.29, 0.717) is 22.4 Å². The van der Waals surface area contributed by atoms with Crippen LogP contribution >= 0.6 is 0 Å². The summed E-state index contributed by atoms with van der Waals surface area (Å²) in [5, 5.41) is 27.3. The van der Waals surface area contributed by atoms with E-state index in [2.05, 4.69) is 33.3 Å². The molecule has 4 aromatic rings. The third-order valence-corrected chi connectivity index (χ3v) is 7.12. The van der Waals surface area contributed by atoms with Crippen molar-refractivity contribution in [3.05, 3.63) is 71.9 Å². The maximum atomic E-state index is 12.8. The number of amides is 1. The minimum absolute atomic E-state index is 0.0828. The second-order valence-corrected chi connectivity index (χ2v) is 11.2. The van der Waals surface area contributed by atoms with E-state index in [1.807, 2.05) is 25.1 Å². The normalized spacial score (nSPS) is 15.1. The summed E-state index contributed by atoms with van der Waals surface area (Å²) in [6, 6.07) is 11.5. The number of carbonyl (C=O) groups excluding carboxylic acids is 1. The van der Waals surface area contributed by atoms with Gasteiger partial charge < -0.3 is 20.1 Å². The highest BCUT2D eigenvalue weighted by molar-refractivity contribution is 5.94. The third kappa shape index (κ3) is 5.90. The van der Waals surface area contributed by atoms with Crippen molar-refractivity contribution in [3.8, 4) is 22.9 Å². The van der Waals surface area contributed by atoms with Crippen molar-refractivity contribution in [1.82, 2.24) is 24.9 Å². The molecule has 0 aromatic carbocycles. The number of nitriles is 1. The number of ether oxygens (including phenoxy) is 1. The number of nitrogens with zero attached hydrogens (tertiary/aromatic N) is 6. The number of rotatable bonds is 7. The van der Waals surface area contributed by atoms with E-state index in [-0.39, 0.29) is 18.1 Å². The fourth-order valence-electron chi connectivity index (χ4n) is 4.86. The molecule has 206 valence electrons. The monoisotopic (exact) mass is 539 g/mol. The minimum atomic E-state index is -0.994. The molecular formula is C30H33N7O3. The summed E-state index contributed by atoms with van der Waals surface area (Å²) < 4.78 is 7.45.